The van der Waals surface area contributed by atoms with E-state index in [1.165, 1.54) is 0 Å². The van der Waals surface area contributed by atoms with Crippen LogP contribution < -0.4 is 0 Å². The molecule has 0 amide bonds. The van der Waals surface area contributed by atoms with E-state index in [4.69, 9.17) is 12.2 Å². The Morgan fingerprint density at radius 2 is 1.94 bits per heavy atom. The number of phenolic OH excluding ortho intramolecular Hbond substituents is 1. The molecule has 0 saturated carbocycles. The molecule has 0 aliphatic heterocycles. The molecule has 2 aromatic rings. The Hall–Kier alpha value is -1.26. The number of nitrogens with zero attached hydrogens (tertiary/aromatic N) is 1. The first-order valence-electron chi connectivity index (χ1n) is 5.63. The van der Waals surface area contributed by atoms with E-state index in [0.717, 1.165) is 20.7 Å². The van der Waals surface area contributed by atoms with E-state index < -0.39 is 0 Å². The van der Waals surface area contributed by atoms with Crippen LogP contribution in [0.15, 0.2) is 36.4 Å². The molecule has 18 heavy (non-hydrogen) atoms. The molecule has 2 nitrogen and oxygen atoms in total. The lowest BCUT2D eigenvalue weighted by Crippen LogP contribution is -2.16. The van der Waals surface area contributed by atoms with Crippen molar-refractivity contribution in [2.24, 2.45) is 0 Å². The van der Waals surface area contributed by atoms with Gasteiger partial charge in [0.1, 0.15) is 10.1 Å². The molecule has 0 radical (unpaired) electrons. The standard InChI is InChI=1S/C14H15NOS2/c1-15(2)14(17)18-9-12-11-6-4-3-5-10(11)7-8-13(12)16/h3-8,16H,9H2,1-2H3. The van der Waals surface area contributed by atoms with E-state index in [1.807, 2.05) is 49.3 Å². The van der Waals surface area contributed by atoms with Crippen LogP contribution in [-0.2, 0) is 5.75 Å². The van der Waals surface area contributed by atoms with Gasteiger partial charge < -0.3 is 10.0 Å². The van der Waals surface area contributed by atoms with Crippen molar-refractivity contribution in [3.05, 3.63) is 42.0 Å². The van der Waals surface area contributed by atoms with Gasteiger partial charge in [0.05, 0.1) is 0 Å². The molecule has 1 N–H and O–H groups in total. The van der Waals surface area contributed by atoms with Crippen molar-refractivity contribution in [2.45, 2.75) is 5.75 Å². The number of benzene rings is 2. The number of hydrogen-bond acceptors (Lipinski definition) is 3. The first-order valence-corrected chi connectivity index (χ1v) is 7.02. The number of thioether (sulfide) groups is 1. The van der Waals surface area contributed by atoms with Crippen molar-refractivity contribution in [3.63, 3.8) is 0 Å². The number of aromatic hydroxyl groups is 1. The Morgan fingerprint density at radius 1 is 1.22 bits per heavy atom. The molecule has 0 atom stereocenters. The van der Waals surface area contributed by atoms with E-state index in [2.05, 4.69) is 0 Å². The second kappa shape index (κ2) is 5.59. The zero-order valence-electron chi connectivity index (χ0n) is 10.4. The summed E-state index contributed by atoms with van der Waals surface area (Å²) in [5.41, 5.74) is 0.947. The molecule has 0 aromatic heterocycles. The summed E-state index contributed by atoms with van der Waals surface area (Å²) in [7, 11) is 3.86. The molecule has 0 bridgehead atoms. The Bertz CT molecular complexity index is 581. The highest BCUT2D eigenvalue weighted by molar-refractivity contribution is 8.22. The lowest BCUT2D eigenvalue weighted by Gasteiger charge is -2.14. The van der Waals surface area contributed by atoms with Crippen molar-refractivity contribution in [1.82, 2.24) is 4.90 Å². The summed E-state index contributed by atoms with van der Waals surface area (Å²) in [6, 6.07) is 11.7. The fraction of sp³-hybridized carbons (Fsp3) is 0.214. The van der Waals surface area contributed by atoms with Crippen LogP contribution in [0.4, 0.5) is 0 Å². The molecule has 94 valence electrons. The minimum atomic E-state index is 0.336. The van der Waals surface area contributed by atoms with Crippen LogP contribution in [0.2, 0.25) is 0 Å². The van der Waals surface area contributed by atoms with Crippen molar-refractivity contribution >= 4 is 39.1 Å². The molecule has 0 unspecified atom stereocenters. The topological polar surface area (TPSA) is 23.5 Å². The van der Waals surface area contributed by atoms with Crippen LogP contribution in [0.3, 0.4) is 0 Å². The van der Waals surface area contributed by atoms with Crippen LogP contribution in [0.25, 0.3) is 10.8 Å². The van der Waals surface area contributed by atoms with Crippen LogP contribution in [0, 0.1) is 0 Å². The Kier molecular flexibility index (Phi) is 4.09. The lowest BCUT2D eigenvalue weighted by molar-refractivity contribution is 0.472. The largest absolute Gasteiger partial charge is 0.508 e. The lowest BCUT2D eigenvalue weighted by atomic mass is 10.0. The van der Waals surface area contributed by atoms with E-state index in [9.17, 15) is 5.11 Å². The SMILES string of the molecule is CN(C)C(=S)SCc1c(O)ccc2ccccc12. The van der Waals surface area contributed by atoms with Crippen LogP contribution in [0.5, 0.6) is 5.75 Å². The minimum Gasteiger partial charge on any atom is -0.508 e. The summed E-state index contributed by atoms with van der Waals surface area (Å²) in [6.45, 7) is 0. The van der Waals surface area contributed by atoms with E-state index in [-0.39, 0.29) is 0 Å². The predicted molar refractivity (Wildman–Crippen MR) is 83.2 cm³/mol. The van der Waals surface area contributed by atoms with Crippen molar-refractivity contribution in [2.75, 3.05) is 14.1 Å². The third-order valence-electron chi connectivity index (χ3n) is 2.72. The molecule has 0 spiro atoms. The highest BCUT2D eigenvalue weighted by Crippen LogP contribution is 2.30. The van der Waals surface area contributed by atoms with Gasteiger partial charge in [0.2, 0.25) is 0 Å². The molecule has 0 saturated heterocycles. The van der Waals surface area contributed by atoms with Crippen molar-refractivity contribution in [1.29, 1.82) is 0 Å². The third-order valence-corrected chi connectivity index (χ3v) is 4.48. The average molecular weight is 277 g/mol. The van der Waals surface area contributed by atoms with Crippen LogP contribution in [-0.4, -0.2) is 28.4 Å². The first-order chi connectivity index (χ1) is 8.59. The number of fused-ring (bicyclic) bond motifs is 1. The fourth-order valence-electron chi connectivity index (χ4n) is 1.74. The van der Waals surface area contributed by atoms with E-state index in [1.54, 1.807) is 17.8 Å². The van der Waals surface area contributed by atoms with E-state index >= 15 is 0 Å². The van der Waals surface area contributed by atoms with Gasteiger partial charge in [-0.1, -0.05) is 54.3 Å². The normalized spacial score (nSPS) is 10.6. The summed E-state index contributed by atoms with van der Waals surface area (Å²) in [4.78, 5) is 1.90. The molecule has 0 aliphatic carbocycles. The number of hydrogen-bond donors (Lipinski definition) is 1. The minimum absolute atomic E-state index is 0.336. The highest BCUT2D eigenvalue weighted by Gasteiger charge is 2.09. The maximum atomic E-state index is 9.99. The van der Waals surface area contributed by atoms with Crippen molar-refractivity contribution in [3.8, 4) is 5.75 Å². The summed E-state index contributed by atoms with van der Waals surface area (Å²) in [5, 5.41) is 12.2. The Labute approximate surface area is 117 Å². The molecule has 2 aromatic carbocycles. The Morgan fingerprint density at radius 3 is 2.67 bits per heavy atom. The van der Waals surface area contributed by atoms with Gasteiger partial charge in [-0.3, -0.25) is 0 Å². The molecule has 2 rings (SSSR count). The monoisotopic (exact) mass is 277 g/mol. The summed E-state index contributed by atoms with van der Waals surface area (Å²) >= 11 is 6.81. The third kappa shape index (κ3) is 2.76. The molecule has 0 fully saturated rings. The fourth-order valence-corrected chi connectivity index (χ4v) is 2.75. The van der Waals surface area contributed by atoms with Gasteiger partial charge in [-0.15, -0.1) is 0 Å². The summed E-state index contributed by atoms with van der Waals surface area (Å²) < 4.78 is 0.822. The molecular weight excluding hydrogens is 262 g/mol. The molecular formula is C14H15NOS2. The first kappa shape index (κ1) is 13.2. The molecule has 0 heterocycles. The van der Waals surface area contributed by atoms with Gasteiger partial charge in [0.15, 0.2) is 0 Å². The summed E-state index contributed by atoms with van der Waals surface area (Å²) in [6.07, 6.45) is 0. The van der Waals surface area contributed by atoms with Gasteiger partial charge >= 0.3 is 0 Å². The average Bonchev–Trinajstić information content (AvgIpc) is 2.37. The summed E-state index contributed by atoms with van der Waals surface area (Å²) in [5.74, 6) is 1.02. The maximum absolute atomic E-state index is 9.99. The molecule has 4 heteroatoms. The zero-order chi connectivity index (χ0) is 13.1. The van der Waals surface area contributed by atoms with Crippen LogP contribution in [0.1, 0.15) is 5.56 Å². The van der Waals surface area contributed by atoms with E-state index in [0.29, 0.717) is 11.5 Å². The maximum Gasteiger partial charge on any atom is 0.136 e. The number of thiocarbonyl (C=S) groups is 1. The highest BCUT2D eigenvalue weighted by atomic mass is 32.2. The smallest absolute Gasteiger partial charge is 0.136 e. The van der Waals surface area contributed by atoms with Gasteiger partial charge in [-0.05, 0) is 16.8 Å². The van der Waals surface area contributed by atoms with Gasteiger partial charge in [-0.2, -0.15) is 0 Å². The van der Waals surface area contributed by atoms with Crippen molar-refractivity contribution < 1.29 is 5.11 Å². The predicted octanol–water partition coefficient (Wildman–Crippen LogP) is 3.63. The second-order valence-corrected chi connectivity index (χ2v) is 5.84. The number of phenols is 1. The van der Waals surface area contributed by atoms with Gasteiger partial charge in [-0.25, -0.2) is 0 Å². The molecule has 0 aliphatic rings. The quantitative estimate of drug-likeness (QED) is 0.847. The Balaban J connectivity index is 2.32. The van der Waals surface area contributed by atoms with Crippen LogP contribution >= 0.6 is 24.0 Å². The van der Waals surface area contributed by atoms with Gasteiger partial charge in [0, 0.05) is 25.4 Å². The second-order valence-electron chi connectivity index (χ2n) is 4.23. The van der Waals surface area contributed by atoms with Gasteiger partial charge in [0.25, 0.3) is 0 Å². The zero-order valence-corrected chi connectivity index (χ0v) is 12.0. The number of rotatable bonds is 2.